The molecule has 1 aliphatic rings. The summed E-state index contributed by atoms with van der Waals surface area (Å²) in [5.74, 6) is 0.168. The predicted octanol–water partition coefficient (Wildman–Crippen LogP) is 0.792. The SMILES string of the molecule is CO[C@H]1C(OP([O-])(=S)C(C)C)[C@@H](COC(C)C)O[C@H]1n1cnc2c(N)nc(N)nc21. The fraction of sp³-hybridized carbons (Fsp3) is 0.706. The Bertz CT molecular complexity index is 941. The molecule has 1 aliphatic heterocycles. The number of aromatic nitrogens is 4. The first-order valence-corrected chi connectivity index (χ1v) is 12.3. The van der Waals surface area contributed by atoms with Crippen molar-refractivity contribution in [2.75, 3.05) is 25.2 Å². The molecule has 5 atom stereocenters. The lowest BCUT2D eigenvalue weighted by Gasteiger charge is -2.37. The normalized spacial score (nSPS) is 26.7. The van der Waals surface area contributed by atoms with Crippen molar-refractivity contribution < 1.29 is 23.6 Å². The van der Waals surface area contributed by atoms with Crippen LogP contribution in [0.25, 0.3) is 11.2 Å². The van der Waals surface area contributed by atoms with E-state index in [0.717, 1.165) is 0 Å². The van der Waals surface area contributed by atoms with Crippen LogP contribution < -0.4 is 16.4 Å². The zero-order valence-electron chi connectivity index (χ0n) is 17.6. The van der Waals surface area contributed by atoms with Crippen LogP contribution in [0.4, 0.5) is 11.8 Å². The molecule has 3 rings (SSSR count). The number of nitrogens with zero attached hydrogens (tertiary/aromatic N) is 4. The molecule has 0 spiro atoms. The van der Waals surface area contributed by atoms with E-state index < -0.39 is 31.0 Å². The lowest BCUT2D eigenvalue weighted by molar-refractivity contribution is -0.193. The Kier molecular flexibility index (Phi) is 6.97. The molecule has 3 heterocycles. The third kappa shape index (κ3) is 4.59. The van der Waals surface area contributed by atoms with Gasteiger partial charge in [-0.05, 0) is 26.0 Å². The van der Waals surface area contributed by atoms with Gasteiger partial charge in [0.05, 0.1) is 19.0 Å². The molecular weight excluding hydrogens is 431 g/mol. The Hall–Kier alpha value is -1.40. The van der Waals surface area contributed by atoms with Crippen LogP contribution in [-0.2, 0) is 30.5 Å². The minimum atomic E-state index is -3.34. The molecule has 0 amide bonds. The van der Waals surface area contributed by atoms with Gasteiger partial charge in [0.2, 0.25) is 5.95 Å². The Balaban J connectivity index is 2.00. The lowest BCUT2D eigenvalue weighted by atomic mass is 10.1. The summed E-state index contributed by atoms with van der Waals surface area (Å²) in [4.78, 5) is 25.3. The van der Waals surface area contributed by atoms with Crippen LogP contribution in [-0.4, -0.2) is 63.3 Å². The molecule has 0 bridgehead atoms. The van der Waals surface area contributed by atoms with E-state index in [4.69, 9.17) is 42.0 Å². The van der Waals surface area contributed by atoms with Crippen LogP contribution in [0.15, 0.2) is 6.33 Å². The molecule has 11 nitrogen and oxygen atoms in total. The third-order valence-electron chi connectivity index (χ3n) is 4.79. The lowest BCUT2D eigenvalue weighted by Crippen LogP contribution is -2.39. The van der Waals surface area contributed by atoms with Crippen LogP contribution in [0.1, 0.15) is 33.9 Å². The predicted molar refractivity (Wildman–Crippen MR) is 114 cm³/mol. The first kappa shape index (κ1) is 23.3. The van der Waals surface area contributed by atoms with Gasteiger partial charge >= 0.3 is 0 Å². The van der Waals surface area contributed by atoms with Gasteiger partial charge in [-0.25, -0.2) is 4.98 Å². The van der Waals surface area contributed by atoms with Crippen LogP contribution in [0.5, 0.6) is 0 Å². The van der Waals surface area contributed by atoms with Crippen LogP contribution in [0.2, 0.25) is 0 Å². The number of methoxy groups -OCH3 is 1. The number of hydrogen-bond acceptors (Lipinski definition) is 11. The van der Waals surface area contributed by atoms with Gasteiger partial charge in [-0.2, -0.15) is 9.97 Å². The maximum Gasteiger partial charge on any atom is 0.224 e. The van der Waals surface area contributed by atoms with Gasteiger partial charge in [0.25, 0.3) is 0 Å². The fourth-order valence-corrected chi connectivity index (χ4v) is 4.30. The van der Waals surface area contributed by atoms with E-state index in [2.05, 4.69) is 15.0 Å². The van der Waals surface area contributed by atoms with E-state index in [1.165, 1.54) is 13.4 Å². The number of hydrogen-bond donors (Lipinski definition) is 2. The summed E-state index contributed by atoms with van der Waals surface area (Å²) in [5.41, 5.74) is 12.1. The highest BCUT2D eigenvalue weighted by atomic mass is 32.5. The summed E-state index contributed by atoms with van der Waals surface area (Å²) in [6.07, 6.45) is -1.18. The molecule has 1 saturated heterocycles. The second-order valence-electron chi connectivity index (χ2n) is 7.64. The standard InChI is InChI=1S/C17H29N6O5PS/c1-8(2)26-6-10-12(28-29(24,30)9(3)4)13(25-5)16(27-10)23-7-20-11-14(18)21-17(19)22-15(11)23/h7-10,12-13,16H,6H2,1-5H3,(H,24,30)(H4,18,19,21,22)/p-1/t10-,12?,13+,16-,29?/m1/s1. The maximum absolute atomic E-state index is 12.9. The highest BCUT2D eigenvalue weighted by Gasteiger charge is 2.48. The molecule has 4 N–H and O–H groups in total. The third-order valence-corrected chi connectivity index (χ3v) is 8.12. The molecule has 2 aromatic rings. The van der Waals surface area contributed by atoms with E-state index in [1.807, 2.05) is 13.8 Å². The van der Waals surface area contributed by atoms with Crippen molar-refractivity contribution in [3.05, 3.63) is 6.33 Å². The first-order valence-electron chi connectivity index (χ1n) is 9.59. The quantitative estimate of drug-likeness (QED) is 0.538. The Morgan fingerprint density at radius 2 is 1.97 bits per heavy atom. The number of nitrogen functional groups attached to an aromatic ring is 2. The average Bonchev–Trinajstić information content (AvgIpc) is 3.20. The smallest absolute Gasteiger partial charge is 0.224 e. The topological polar surface area (TPSA) is 156 Å². The first-order chi connectivity index (χ1) is 14.0. The monoisotopic (exact) mass is 459 g/mol. The molecule has 2 unspecified atom stereocenters. The molecule has 168 valence electrons. The van der Waals surface area contributed by atoms with Crippen molar-refractivity contribution in [2.45, 2.75) is 64.0 Å². The van der Waals surface area contributed by atoms with Crippen molar-refractivity contribution in [3.8, 4) is 0 Å². The van der Waals surface area contributed by atoms with Crippen molar-refractivity contribution >= 4 is 41.2 Å². The molecule has 2 aromatic heterocycles. The molecule has 0 radical (unpaired) electrons. The van der Waals surface area contributed by atoms with Gasteiger partial charge in [-0.3, -0.25) is 4.57 Å². The average molecular weight is 459 g/mol. The van der Waals surface area contributed by atoms with Crippen molar-refractivity contribution in [3.63, 3.8) is 0 Å². The number of anilines is 2. The van der Waals surface area contributed by atoms with Gasteiger partial charge in [-0.1, -0.05) is 25.7 Å². The van der Waals surface area contributed by atoms with E-state index in [0.29, 0.717) is 11.2 Å². The number of fused-ring (bicyclic) bond motifs is 1. The van der Waals surface area contributed by atoms with Gasteiger partial charge in [0, 0.05) is 7.11 Å². The Morgan fingerprint density at radius 3 is 2.57 bits per heavy atom. The second kappa shape index (κ2) is 8.99. The largest absolute Gasteiger partial charge is 0.800 e. The summed E-state index contributed by atoms with van der Waals surface area (Å²) in [7, 11) is 1.52. The molecular formula is C17H28N6O5PS-. The number of nitrogens with two attached hydrogens (primary N) is 2. The van der Waals surface area contributed by atoms with E-state index >= 15 is 0 Å². The minimum absolute atomic E-state index is 0.0103. The molecule has 0 aliphatic carbocycles. The van der Waals surface area contributed by atoms with Gasteiger partial charge < -0.3 is 35.1 Å². The number of imidazole rings is 1. The number of rotatable bonds is 8. The van der Waals surface area contributed by atoms with Crippen molar-refractivity contribution in [1.29, 1.82) is 0 Å². The molecule has 0 aromatic carbocycles. The van der Waals surface area contributed by atoms with Gasteiger partial charge in [0.1, 0.15) is 23.8 Å². The van der Waals surface area contributed by atoms with Crippen LogP contribution >= 0.6 is 6.49 Å². The van der Waals surface area contributed by atoms with Crippen molar-refractivity contribution in [1.82, 2.24) is 19.5 Å². The summed E-state index contributed by atoms with van der Waals surface area (Å²) >= 11 is 5.25. The van der Waals surface area contributed by atoms with Crippen molar-refractivity contribution in [2.24, 2.45) is 0 Å². The zero-order valence-corrected chi connectivity index (χ0v) is 19.3. The Morgan fingerprint density at radius 1 is 1.27 bits per heavy atom. The number of ether oxygens (including phenoxy) is 3. The van der Waals surface area contributed by atoms with Crippen LogP contribution in [0.3, 0.4) is 0 Å². The van der Waals surface area contributed by atoms with E-state index in [9.17, 15) is 4.89 Å². The van der Waals surface area contributed by atoms with E-state index in [-0.39, 0.29) is 30.1 Å². The molecule has 30 heavy (non-hydrogen) atoms. The summed E-state index contributed by atoms with van der Waals surface area (Å²) in [5, 5.41) is 0. The highest BCUT2D eigenvalue weighted by Crippen LogP contribution is 2.48. The maximum atomic E-state index is 12.9. The second-order valence-corrected chi connectivity index (χ2v) is 11.5. The summed E-state index contributed by atoms with van der Waals surface area (Å²) in [6, 6.07) is 0. The summed E-state index contributed by atoms with van der Waals surface area (Å²) < 4.78 is 25.2. The van der Waals surface area contributed by atoms with Crippen LogP contribution in [0, 0.1) is 0 Å². The van der Waals surface area contributed by atoms with Gasteiger partial charge in [0.15, 0.2) is 17.7 Å². The highest BCUT2D eigenvalue weighted by molar-refractivity contribution is 8.09. The molecule has 13 heteroatoms. The molecule has 1 fully saturated rings. The summed E-state index contributed by atoms with van der Waals surface area (Å²) in [6.45, 7) is 4.21. The molecule has 0 saturated carbocycles. The van der Waals surface area contributed by atoms with E-state index in [1.54, 1.807) is 18.4 Å². The zero-order chi connectivity index (χ0) is 22.2. The Labute approximate surface area is 180 Å². The van der Waals surface area contributed by atoms with Gasteiger partial charge in [-0.15, -0.1) is 0 Å². The fourth-order valence-electron chi connectivity index (χ4n) is 3.16. The minimum Gasteiger partial charge on any atom is -0.800 e.